The molecule has 0 saturated carbocycles. The highest BCUT2D eigenvalue weighted by Gasteiger charge is 2.12. The van der Waals surface area contributed by atoms with Crippen molar-refractivity contribution in [3.05, 3.63) is 65.0 Å². The topological polar surface area (TPSA) is 46.9 Å². The highest BCUT2D eigenvalue weighted by atomic mass is 16.1. The van der Waals surface area contributed by atoms with Gasteiger partial charge in [-0.1, -0.05) is 42.8 Å². The molecule has 0 radical (unpaired) electrons. The Balaban J connectivity index is 1.87. The predicted octanol–water partition coefficient (Wildman–Crippen LogP) is 4.16. The molecule has 136 valence electrons. The maximum atomic E-state index is 11.7. The SMILES string of the molecule is CCCC(=O)NCCc1nc2ccccc2n1Cc1cc(C)ccc1C. The van der Waals surface area contributed by atoms with Crippen molar-refractivity contribution in [3.63, 3.8) is 0 Å². The Kier molecular flexibility index (Phi) is 5.71. The molecule has 1 N–H and O–H groups in total. The van der Waals surface area contributed by atoms with E-state index in [2.05, 4.69) is 54.1 Å². The number of amides is 1. The summed E-state index contributed by atoms with van der Waals surface area (Å²) in [7, 11) is 0. The second-order valence-electron chi connectivity index (χ2n) is 6.88. The number of para-hydroxylation sites is 2. The Morgan fingerprint density at radius 2 is 1.96 bits per heavy atom. The number of carbonyl (C=O) groups is 1. The second-order valence-corrected chi connectivity index (χ2v) is 6.88. The molecule has 0 aliphatic heterocycles. The third kappa shape index (κ3) is 4.13. The Bertz CT molecular complexity index is 911. The summed E-state index contributed by atoms with van der Waals surface area (Å²) >= 11 is 0. The minimum atomic E-state index is 0.115. The summed E-state index contributed by atoms with van der Waals surface area (Å²) in [5.41, 5.74) is 6.01. The Morgan fingerprint density at radius 1 is 1.15 bits per heavy atom. The lowest BCUT2D eigenvalue weighted by atomic mass is 10.1. The van der Waals surface area contributed by atoms with Crippen LogP contribution in [-0.4, -0.2) is 22.0 Å². The van der Waals surface area contributed by atoms with E-state index < -0.39 is 0 Å². The van der Waals surface area contributed by atoms with Gasteiger partial charge < -0.3 is 9.88 Å². The van der Waals surface area contributed by atoms with Gasteiger partial charge in [0.15, 0.2) is 0 Å². The van der Waals surface area contributed by atoms with Gasteiger partial charge in [0.2, 0.25) is 5.91 Å². The molecule has 4 nitrogen and oxygen atoms in total. The molecular formula is C22H27N3O. The average molecular weight is 349 g/mol. The number of nitrogens with zero attached hydrogens (tertiary/aromatic N) is 2. The summed E-state index contributed by atoms with van der Waals surface area (Å²) in [4.78, 5) is 16.5. The van der Waals surface area contributed by atoms with Crippen LogP contribution in [0.15, 0.2) is 42.5 Å². The molecule has 3 rings (SSSR count). The van der Waals surface area contributed by atoms with Gasteiger partial charge in [0.1, 0.15) is 5.82 Å². The van der Waals surface area contributed by atoms with E-state index >= 15 is 0 Å². The maximum absolute atomic E-state index is 11.7. The third-order valence-corrected chi connectivity index (χ3v) is 4.71. The van der Waals surface area contributed by atoms with Crippen molar-refractivity contribution < 1.29 is 4.79 Å². The minimum absolute atomic E-state index is 0.115. The first-order chi connectivity index (χ1) is 12.6. The van der Waals surface area contributed by atoms with Crippen molar-refractivity contribution in [1.29, 1.82) is 0 Å². The first-order valence-corrected chi connectivity index (χ1v) is 9.35. The number of rotatable bonds is 7. The summed E-state index contributed by atoms with van der Waals surface area (Å²) in [6, 6.07) is 14.8. The predicted molar refractivity (Wildman–Crippen MR) is 106 cm³/mol. The van der Waals surface area contributed by atoms with Crippen LogP contribution < -0.4 is 5.32 Å². The average Bonchev–Trinajstić information content (AvgIpc) is 2.96. The van der Waals surface area contributed by atoms with Gasteiger partial charge in [0.25, 0.3) is 0 Å². The standard InChI is InChI=1S/C22H27N3O/c1-4-7-22(26)23-13-12-21-24-19-8-5-6-9-20(19)25(21)15-18-14-16(2)10-11-17(18)3/h5-6,8-11,14H,4,7,12-13,15H2,1-3H3,(H,23,26). The molecule has 2 aromatic carbocycles. The lowest BCUT2D eigenvalue weighted by Crippen LogP contribution is -2.26. The van der Waals surface area contributed by atoms with E-state index in [1.165, 1.54) is 16.7 Å². The normalized spacial score (nSPS) is 11.0. The number of carbonyl (C=O) groups excluding carboxylic acids is 1. The molecule has 0 aliphatic rings. The maximum Gasteiger partial charge on any atom is 0.219 e. The molecular weight excluding hydrogens is 322 g/mol. The van der Waals surface area contributed by atoms with Gasteiger partial charge in [-0.25, -0.2) is 4.98 Å². The molecule has 1 amide bonds. The van der Waals surface area contributed by atoms with E-state index in [1.807, 2.05) is 19.1 Å². The Hall–Kier alpha value is -2.62. The number of aryl methyl sites for hydroxylation is 2. The van der Waals surface area contributed by atoms with Crippen molar-refractivity contribution in [1.82, 2.24) is 14.9 Å². The van der Waals surface area contributed by atoms with Crippen LogP contribution in [0, 0.1) is 13.8 Å². The second kappa shape index (κ2) is 8.17. The number of imidazole rings is 1. The van der Waals surface area contributed by atoms with Crippen molar-refractivity contribution >= 4 is 16.9 Å². The van der Waals surface area contributed by atoms with E-state index in [9.17, 15) is 4.79 Å². The molecule has 0 spiro atoms. The molecule has 4 heteroatoms. The monoisotopic (exact) mass is 349 g/mol. The molecule has 1 heterocycles. The van der Waals surface area contributed by atoms with Crippen LogP contribution in [0.2, 0.25) is 0 Å². The van der Waals surface area contributed by atoms with Gasteiger partial charge in [0.05, 0.1) is 11.0 Å². The van der Waals surface area contributed by atoms with Crippen molar-refractivity contribution in [2.24, 2.45) is 0 Å². The van der Waals surface area contributed by atoms with Gasteiger partial charge in [-0.15, -0.1) is 0 Å². The summed E-state index contributed by atoms with van der Waals surface area (Å²) in [5.74, 6) is 1.13. The summed E-state index contributed by atoms with van der Waals surface area (Å²) in [5, 5.41) is 3.00. The highest BCUT2D eigenvalue weighted by Crippen LogP contribution is 2.20. The van der Waals surface area contributed by atoms with Gasteiger partial charge in [-0.3, -0.25) is 4.79 Å². The largest absolute Gasteiger partial charge is 0.356 e. The number of hydrogen-bond donors (Lipinski definition) is 1. The molecule has 0 bridgehead atoms. The molecule has 1 aromatic heterocycles. The number of nitrogens with one attached hydrogen (secondary N) is 1. The zero-order chi connectivity index (χ0) is 18.5. The van der Waals surface area contributed by atoms with Crippen LogP contribution in [-0.2, 0) is 17.8 Å². The smallest absolute Gasteiger partial charge is 0.219 e. The highest BCUT2D eigenvalue weighted by molar-refractivity contribution is 5.76. The van der Waals surface area contributed by atoms with Crippen molar-refractivity contribution in [2.75, 3.05) is 6.54 Å². The fraction of sp³-hybridized carbons (Fsp3) is 0.364. The van der Waals surface area contributed by atoms with Crippen LogP contribution >= 0.6 is 0 Å². The van der Waals surface area contributed by atoms with Gasteiger partial charge in [-0.05, 0) is 43.5 Å². The van der Waals surface area contributed by atoms with Crippen LogP contribution in [0.25, 0.3) is 11.0 Å². The molecule has 0 saturated heterocycles. The number of benzene rings is 2. The zero-order valence-corrected chi connectivity index (χ0v) is 15.9. The van der Waals surface area contributed by atoms with Crippen LogP contribution in [0.5, 0.6) is 0 Å². The van der Waals surface area contributed by atoms with E-state index in [0.717, 1.165) is 36.2 Å². The zero-order valence-electron chi connectivity index (χ0n) is 15.9. The Labute approximate surface area is 155 Å². The Morgan fingerprint density at radius 3 is 2.77 bits per heavy atom. The van der Waals surface area contributed by atoms with Crippen LogP contribution in [0.4, 0.5) is 0 Å². The number of fused-ring (bicyclic) bond motifs is 1. The molecule has 0 unspecified atom stereocenters. The summed E-state index contributed by atoms with van der Waals surface area (Å²) in [6.07, 6.45) is 2.19. The lowest BCUT2D eigenvalue weighted by molar-refractivity contribution is -0.121. The van der Waals surface area contributed by atoms with E-state index in [4.69, 9.17) is 4.98 Å². The molecule has 3 aromatic rings. The molecule has 0 atom stereocenters. The quantitative estimate of drug-likeness (QED) is 0.696. The third-order valence-electron chi connectivity index (χ3n) is 4.71. The van der Waals surface area contributed by atoms with Gasteiger partial charge in [0, 0.05) is 25.9 Å². The minimum Gasteiger partial charge on any atom is -0.356 e. The molecule has 0 fully saturated rings. The fourth-order valence-electron chi connectivity index (χ4n) is 3.26. The van der Waals surface area contributed by atoms with Gasteiger partial charge in [-0.2, -0.15) is 0 Å². The van der Waals surface area contributed by atoms with E-state index in [1.54, 1.807) is 0 Å². The number of hydrogen-bond acceptors (Lipinski definition) is 2. The summed E-state index contributed by atoms with van der Waals surface area (Å²) in [6.45, 7) is 7.71. The number of aromatic nitrogens is 2. The first-order valence-electron chi connectivity index (χ1n) is 9.35. The van der Waals surface area contributed by atoms with Crippen LogP contribution in [0.3, 0.4) is 0 Å². The fourth-order valence-corrected chi connectivity index (χ4v) is 3.26. The van der Waals surface area contributed by atoms with Crippen molar-refractivity contribution in [3.8, 4) is 0 Å². The van der Waals surface area contributed by atoms with E-state index in [0.29, 0.717) is 13.0 Å². The molecule has 0 aliphatic carbocycles. The first kappa shape index (κ1) is 18.2. The van der Waals surface area contributed by atoms with Crippen molar-refractivity contribution in [2.45, 2.75) is 46.6 Å². The van der Waals surface area contributed by atoms with Crippen LogP contribution in [0.1, 0.15) is 42.3 Å². The summed E-state index contributed by atoms with van der Waals surface area (Å²) < 4.78 is 2.28. The van der Waals surface area contributed by atoms with Gasteiger partial charge >= 0.3 is 0 Å². The van der Waals surface area contributed by atoms with E-state index in [-0.39, 0.29) is 5.91 Å². The molecule has 26 heavy (non-hydrogen) atoms. The lowest BCUT2D eigenvalue weighted by Gasteiger charge is -2.13.